The molecule has 4 rings (SSSR count). The molecule has 0 fully saturated rings. The summed E-state index contributed by atoms with van der Waals surface area (Å²) in [6, 6.07) is 21.4. The van der Waals surface area contributed by atoms with Gasteiger partial charge in [-0.2, -0.15) is 0 Å². The zero-order valence-corrected chi connectivity index (χ0v) is 20.2. The van der Waals surface area contributed by atoms with Crippen molar-refractivity contribution >= 4 is 17.7 Å². The van der Waals surface area contributed by atoms with Gasteiger partial charge in [-0.15, -0.1) is 10.2 Å². The molecule has 0 spiro atoms. The van der Waals surface area contributed by atoms with Gasteiger partial charge in [-0.1, -0.05) is 48.2 Å². The van der Waals surface area contributed by atoms with Crippen molar-refractivity contribution in [3.63, 3.8) is 0 Å². The summed E-state index contributed by atoms with van der Waals surface area (Å²) in [5, 5.41) is 12.0. The van der Waals surface area contributed by atoms with E-state index in [1.807, 2.05) is 53.1 Å². The third-order valence-electron chi connectivity index (χ3n) is 5.25. The average molecular weight is 493 g/mol. The molecule has 1 aromatic heterocycles. The van der Waals surface area contributed by atoms with Crippen LogP contribution in [0.25, 0.3) is 17.1 Å². The third kappa shape index (κ3) is 5.99. The predicted octanol–water partition coefficient (Wildman–Crippen LogP) is 4.54. The zero-order chi connectivity index (χ0) is 24.6. The number of aromatic nitrogens is 3. The van der Waals surface area contributed by atoms with Crippen molar-refractivity contribution in [2.24, 2.45) is 0 Å². The number of amides is 1. The lowest BCUT2D eigenvalue weighted by Crippen LogP contribution is -2.27. The first kappa shape index (κ1) is 24.3. The van der Waals surface area contributed by atoms with Crippen LogP contribution in [0.5, 0.6) is 11.5 Å². The molecule has 0 aliphatic rings. The highest BCUT2D eigenvalue weighted by molar-refractivity contribution is 7.99. The van der Waals surface area contributed by atoms with Crippen LogP contribution in [0.3, 0.4) is 0 Å². The fraction of sp³-hybridized carbons (Fsp3) is 0.192. The van der Waals surface area contributed by atoms with Crippen LogP contribution in [0.1, 0.15) is 5.56 Å². The summed E-state index contributed by atoms with van der Waals surface area (Å²) in [5.74, 6) is 1.52. The maximum atomic E-state index is 13.8. The van der Waals surface area contributed by atoms with E-state index in [1.165, 1.54) is 23.9 Å². The Bertz CT molecular complexity index is 1300. The monoisotopic (exact) mass is 492 g/mol. The highest BCUT2D eigenvalue weighted by atomic mass is 32.2. The molecule has 0 bridgehead atoms. The molecule has 3 aromatic carbocycles. The van der Waals surface area contributed by atoms with Gasteiger partial charge >= 0.3 is 0 Å². The second-order valence-electron chi connectivity index (χ2n) is 7.57. The van der Waals surface area contributed by atoms with Gasteiger partial charge < -0.3 is 14.8 Å². The number of methoxy groups -OCH3 is 2. The van der Waals surface area contributed by atoms with Gasteiger partial charge in [0.15, 0.2) is 22.5 Å². The van der Waals surface area contributed by atoms with E-state index < -0.39 is 0 Å². The smallest absolute Gasteiger partial charge is 0.230 e. The van der Waals surface area contributed by atoms with E-state index in [4.69, 9.17) is 9.47 Å². The maximum Gasteiger partial charge on any atom is 0.230 e. The van der Waals surface area contributed by atoms with Crippen molar-refractivity contribution in [2.75, 3.05) is 26.5 Å². The largest absolute Gasteiger partial charge is 0.493 e. The second kappa shape index (κ2) is 11.5. The fourth-order valence-electron chi connectivity index (χ4n) is 3.55. The second-order valence-corrected chi connectivity index (χ2v) is 8.51. The lowest BCUT2D eigenvalue weighted by molar-refractivity contribution is -0.118. The number of nitrogens with one attached hydrogen (secondary N) is 1. The number of carbonyl (C=O) groups excluding carboxylic acids is 1. The predicted molar refractivity (Wildman–Crippen MR) is 134 cm³/mol. The normalized spacial score (nSPS) is 10.7. The van der Waals surface area contributed by atoms with Gasteiger partial charge in [0.25, 0.3) is 0 Å². The Morgan fingerprint density at radius 2 is 1.77 bits per heavy atom. The molecular weight excluding hydrogens is 467 g/mol. The van der Waals surface area contributed by atoms with Crippen LogP contribution in [0.4, 0.5) is 4.39 Å². The molecule has 0 saturated heterocycles. The Morgan fingerprint density at radius 3 is 2.51 bits per heavy atom. The number of hydrogen-bond acceptors (Lipinski definition) is 6. The van der Waals surface area contributed by atoms with Crippen molar-refractivity contribution in [3.8, 4) is 28.6 Å². The van der Waals surface area contributed by atoms with Gasteiger partial charge in [-0.3, -0.25) is 9.36 Å². The van der Waals surface area contributed by atoms with E-state index in [0.717, 1.165) is 11.3 Å². The highest BCUT2D eigenvalue weighted by Crippen LogP contribution is 2.29. The minimum atomic E-state index is -0.354. The molecule has 0 atom stereocenters. The Hall–Kier alpha value is -3.85. The summed E-state index contributed by atoms with van der Waals surface area (Å²) in [5.41, 5.74) is 2.46. The van der Waals surface area contributed by atoms with Crippen LogP contribution in [-0.2, 0) is 11.2 Å². The van der Waals surface area contributed by atoms with Crippen molar-refractivity contribution < 1.29 is 18.7 Å². The molecule has 4 aromatic rings. The van der Waals surface area contributed by atoms with Gasteiger partial charge in [-0.25, -0.2) is 4.39 Å². The van der Waals surface area contributed by atoms with E-state index in [1.54, 1.807) is 26.4 Å². The average Bonchev–Trinajstić information content (AvgIpc) is 3.32. The summed E-state index contributed by atoms with van der Waals surface area (Å²) < 4.78 is 26.3. The Balaban J connectivity index is 1.42. The molecule has 180 valence electrons. The first-order valence-corrected chi connectivity index (χ1v) is 11.9. The van der Waals surface area contributed by atoms with Crippen molar-refractivity contribution in [1.29, 1.82) is 0 Å². The number of halogens is 1. The molecule has 0 radical (unpaired) electrons. The van der Waals surface area contributed by atoms with Crippen LogP contribution in [0.15, 0.2) is 78.0 Å². The van der Waals surface area contributed by atoms with Gasteiger partial charge in [-0.05, 0) is 48.4 Å². The fourth-order valence-corrected chi connectivity index (χ4v) is 4.33. The van der Waals surface area contributed by atoms with E-state index in [9.17, 15) is 9.18 Å². The lowest BCUT2D eigenvalue weighted by Gasteiger charge is -2.11. The molecule has 0 unspecified atom stereocenters. The van der Waals surface area contributed by atoms with Crippen LogP contribution in [0, 0.1) is 5.82 Å². The SMILES string of the molecule is COc1ccc(CCNC(=O)CSc2nnc(-c3cccc(F)c3)n2-c2ccccc2)cc1OC. The number of ether oxygens (including phenoxy) is 2. The van der Waals surface area contributed by atoms with Crippen molar-refractivity contribution in [2.45, 2.75) is 11.6 Å². The summed E-state index contributed by atoms with van der Waals surface area (Å²) in [6.45, 7) is 0.481. The van der Waals surface area contributed by atoms with Crippen LogP contribution in [0.2, 0.25) is 0 Å². The number of carbonyl (C=O) groups is 1. The quantitative estimate of drug-likeness (QED) is 0.328. The zero-order valence-electron chi connectivity index (χ0n) is 19.4. The Kier molecular flexibility index (Phi) is 7.99. The molecule has 0 saturated carbocycles. The summed E-state index contributed by atoms with van der Waals surface area (Å²) in [4.78, 5) is 12.5. The molecule has 9 heteroatoms. The summed E-state index contributed by atoms with van der Waals surface area (Å²) in [6.07, 6.45) is 0.653. The maximum absolute atomic E-state index is 13.8. The van der Waals surface area contributed by atoms with E-state index >= 15 is 0 Å². The molecule has 35 heavy (non-hydrogen) atoms. The topological polar surface area (TPSA) is 78.3 Å². The van der Waals surface area contributed by atoms with Crippen LogP contribution in [-0.4, -0.2) is 47.2 Å². The first-order valence-electron chi connectivity index (χ1n) is 11.0. The molecular formula is C26H25FN4O3S. The lowest BCUT2D eigenvalue weighted by atomic mass is 10.1. The Labute approximate surface area is 207 Å². The number of para-hydroxylation sites is 1. The number of nitrogens with zero attached hydrogens (tertiary/aromatic N) is 3. The Morgan fingerprint density at radius 1 is 0.971 bits per heavy atom. The molecule has 0 aliphatic heterocycles. The van der Waals surface area contributed by atoms with Gasteiger partial charge in [0, 0.05) is 17.8 Å². The van der Waals surface area contributed by atoms with Gasteiger partial charge in [0.1, 0.15) is 5.82 Å². The number of benzene rings is 3. The summed E-state index contributed by atoms with van der Waals surface area (Å²) >= 11 is 1.27. The van der Waals surface area contributed by atoms with Gasteiger partial charge in [0.2, 0.25) is 5.91 Å². The van der Waals surface area contributed by atoms with Gasteiger partial charge in [0.05, 0.1) is 20.0 Å². The standard InChI is InChI=1S/C26H25FN4O3S/c1-33-22-12-11-18(15-23(22)34-2)13-14-28-24(32)17-35-26-30-29-25(19-7-6-8-20(27)16-19)31(26)21-9-4-3-5-10-21/h3-12,15-16H,13-14,17H2,1-2H3,(H,28,32). The minimum Gasteiger partial charge on any atom is -0.493 e. The molecule has 7 nitrogen and oxygen atoms in total. The van der Waals surface area contributed by atoms with Crippen LogP contribution < -0.4 is 14.8 Å². The van der Waals surface area contributed by atoms with Crippen molar-refractivity contribution in [3.05, 3.63) is 84.2 Å². The molecule has 1 amide bonds. The first-order chi connectivity index (χ1) is 17.1. The number of rotatable bonds is 10. The minimum absolute atomic E-state index is 0.120. The molecule has 1 heterocycles. The molecule has 1 N–H and O–H groups in total. The van der Waals surface area contributed by atoms with E-state index in [0.29, 0.717) is 41.0 Å². The number of thioether (sulfide) groups is 1. The summed E-state index contributed by atoms with van der Waals surface area (Å²) in [7, 11) is 3.18. The molecule has 0 aliphatic carbocycles. The third-order valence-corrected chi connectivity index (χ3v) is 6.18. The highest BCUT2D eigenvalue weighted by Gasteiger charge is 2.17. The van der Waals surface area contributed by atoms with Crippen LogP contribution >= 0.6 is 11.8 Å². The van der Waals surface area contributed by atoms with E-state index in [-0.39, 0.29) is 17.5 Å². The number of hydrogen-bond donors (Lipinski definition) is 1. The van der Waals surface area contributed by atoms with Crippen molar-refractivity contribution in [1.82, 2.24) is 20.1 Å². The van der Waals surface area contributed by atoms with E-state index in [2.05, 4.69) is 15.5 Å².